The smallest absolute Gasteiger partial charge is 0.211 e. The van der Waals surface area contributed by atoms with Gasteiger partial charge in [-0.1, -0.05) is 20.8 Å². The Morgan fingerprint density at radius 2 is 1.94 bits per heavy atom. The van der Waals surface area contributed by atoms with Gasteiger partial charge in [0.15, 0.2) is 0 Å². The molecule has 4 heteroatoms. The van der Waals surface area contributed by atoms with E-state index in [1.165, 1.54) is 19.1 Å². The molecule has 96 valence electrons. The van der Waals surface area contributed by atoms with Gasteiger partial charge in [-0.15, -0.1) is 0 Å². The Morgan fingerprint density at radius 3 is 2.44 bits per heavy atom. The van der Waals surface area contributed by atoms with E-state index in [4.69, 9.17) is 0 Å². The van der Waals surface area contributed by atoms with E-state index in [2.05, 4.69) is 20.8 Å². The summed E-state index contributed by atoms with van der Waals surface area (Å²) in [5.41, 5.74) is 0.355. The highest BCUT2D eigenvalue weighted by Crippen LogP contribution is 2.28. The summed E-state index contributed by atoms with van der Waals surface area (Å²) < 4.78 is 24.6. The maximum Gasteiger partial charge on any atom is 0.211 e. The molecule has 0 bridgehead atoms. The van der Waals surface area contributed by atoms with E-state index in [9.17, 15) is 8.42 Å². The number of rotatable bonds is 3. The molecule has 0 aliphatic carbocycles. The number of hydrogen-bond acceptors (Lipinski definition) is 2. The summed E-state index contributed by atoms with van der Waals surface area (Å²) in [6.07, 6.45) is 5.84. The van der Waals surface area contributed by atoms with E-state index < -0.39 is 10.0 Å². The van der Waals surface area contributed by atoms with Crippen molar-refractivity contribution in [2.45, 2.75) is 46.5 Å². The van der Waals surface area contributed by atoms with Crippen LogP contribution in [0, 0.1) is 11.3 Å². The topological polar surface area (TPSA) is 37.4 Å². The summed E-state index contributed by atoms with van der Waals surface area (Å²) >= 11 is 0. The molecule has 0 aromatic rings. The molecule has 0 aromatic heterocycles. The van der Waals surface area contributed by atoms with Crippen LogP contribution in [0.4, 0.5) is 0 Å². The second-order valence-electron chi connectivity index (χ2n) is 6.23. The minimum absolute atomic E-state index is 0.355. The highest BCUT2D eigenvalue weighted by atomic mass is 32.2. The molecule has 0 N–H and O–H groups in total. The third-order valence-electron chi connectivity index (χ3n) is 3.25. The number of nitrogens with zero attached hydrogens (tertiary/aromatic N) is 1. The predicted molar refractivity (Wildman–Crippen MR) is 67.8 cm³/mol. The molecule has 3 nitrogen and oxygen atoms in total. The van der Waals surface area contributed by atoms with Gasteiger partial charge in [-0.3, -0.25) is 0 Å². The molecule has 1 atom stereocenters. The SMILES string of the molecule is CC(C)(C)CCC1CCCN(S(C)(=O)=O)C1. The third-order valence-corrected chi connectivity index (χ3v) is 4.52. The van der Waals surface area contributed by atoms with Crippen molar-refractivity contribution >= 4 is 10.0 Å². The van der Waals surface area contributed by atoms with Gasteiger partial charge in [-0.2, -0.15) is 0 Å². The zero-order valence-electron chi connectivity index (χ0n) is 11.0. The fraction of sp³-hybridized carbons (Fsp3) is 1.00. The molecule has 1 aliphatic heterocycles. The van der Waals surface area contributed by atoms with Crippen molar-refractivity contribution in [3.8, 4) is 0 Å². The summed E-state index contributed by atoms with van der Waals surface area (Å²) in [4.78, 5) is 0. The van der Waals surface area contributed by atoms with Crippen molar-refractivity contribution in [1.29, 1.82) is 0 Å². The lowest BCUT2D eigenvalue weighted by atomic mass is 9.84. The van der Waals surface area contributed by atoms with E-state index in [1.807, 2.05) is 0 Å². The summed E-state index contributed by atoms with van der Waals surface area (Å²) in [6, 6.07) is 0. The molecule has 0 amide bonds. The van der Waals surface area contributed by atoms with Crippen LogP contribution in [0.1, 0.15) is 46.5 Å². The van der Waals surface area contributed by atoms with E-state index in [0.29, 0.717) is 17.9 Å². The lowest BCUT2D eigenvalue weighted by molar-refractivity contribution is 0.228. The van der Waals surface area contributed by atoms with Crippen molar-refractivity contribution < 1.29 is 8.42 Å². The van der Waals surface area contributed by atoms with Crippen molar-refractivity contribution in [2.75, 3.05) is 19.3 Å². The average molecular weight is 247 g/mol. The van der Waals surface area contributed by atoms with Crippen molar-refractivity contribution in [2.24, 2.45) is 11.3 Å². The van der Waals surface area contributed by atoms with Crippen LogP contribution < -0.4 is 0 Å². The maximum atomic E-state index is 11.5. The van der Waals surface area contributed by atoms with Gasteiger partial charge in [0.2, 0.25) is 10.0 Å². The van der Waals surface area contributed by atoms with Crippen molar-refractivity contribution in [3.63, 3.8) is 0 Å². The molecule has 1 fully saturated rings. The van der Waals surface area contributed by atoms with Crippen LogP contribution >= 0.6 is 0 Å². The number of hydrogen-bond donors (Lipinski definition) is 0. The molecule has 0 spiro atoms. The first-order valence-corrected chi connectivity index (χ1v) is 7.98. The van der Waals surface area contributed by atoms with E-state index >= 15 is 0 Å². The summed E-state index contributed by atoms with van der Waals surface area (Å²) in [7, 11) is -2.98. The molecular weight excluding hydrogens is 222 g/mol. The lowest BCUT2D eigenvalue weighted by Gasteiger charge is -2.32. The van der Waals surface area contributed by atoms with Gasteiger partial charge in [0.05, 0.1) is 6.26 Å². The first-order chi connectivity index (χ1) is 7.18. The summed E-state index contributed by atoms with van der Waals surface area (Å²) in [5, 5.41) is 0. The zero-order chi connectivity index (χ0) is 12.4. The normalized spacial score (nSPS) is 24.6. The van der Waals surface area contributed by atoms with Crippen LogP contribution in [0.5, 0.6) is 0 Å². The molecule has 1 aliphatic rings. The van der Waals surface area contributed by atoms with Crippen LogP contribution in [0.25, 0.3) is 0 Å². The fourth-order valence-electron chi connectivity index (χ4n) is 2.20. The van der Waals surface area contributed by atoms with Gasteiger partial charge in [0.1, 0.15) is 0 Å². The van der Waals surface area contributed by atoms with Gasteiger partial charge in [-0.25, -0.2) is 12.7 Å². The Labute approximate surface area is 100 Å². The predicted octanol–water partition coefficient (Wildman–Crippen LogP) is 2.48. The molecule has 0 radical (unpaired) electrons. The number of sulfonamides is 1. The van der Waals surface area contributed by atoms with Crippen LogP contribution in [0.15, 0.2) is 0 Å². The minimum atomic E-state index is -2.98. The minimum Gasteiger partial charge on any atom is -0.213 e. The second kappa shape index (κ2) is 5.05. The van der Waals surface area contributed by atoms with Gasteiger partial charge < -0.3 is 0 Å². The first kappa shape index (κ1) is 14.0. The Kier molecular flexibility index (Phi) is 4.41. The Bertz CT molecular complexity index is 316. The summed E-state index contributed by atoms with van der Waals surface area (Å²) in [5.74, 6) is 0.558. The Morgan fingerprint density at radius 1 is 1.31 bits per heavy atom. The molecule has 1 unspecified atom stereocenters. The van der Waals surface area contributed by atoms with Crippen molar-refractivity contribution in [3.05, 3.63) is 0 Å². The Balaban J connectivity index is 2.46. The van der Waals surface area contributed by atoms with Crippen LogP contribution in [-0.2, 0) is 10.0 Å². The molecular formula is C12H25NO2S. The maximum absolute atomic E-state index is 11.5. The molecule has 16 heavy (non-hydrogen) atoms. The van der Waals surface area contributed by atoms with Gasteiger partial charge >= 0.3 is 0 Å². The van der Waals surface area contributed by atoms with Gasteiger partial charge in [0.25, 0.3) is 0 Å². The highest BCUT2D eigenvalue weighted by Gasteiger charge is 2.26. The molecule has 1 saturated heterocycles. The molecule has 0 saturated carbocycles. The van der Waals surface area contributed by atoms with E-state index in [1.54, 1.807) is 4.31 Å². The first-order valence-electron chi connectivity index (χ1n) is 6.13. The summed E-state index contributed by atoms with van der Waals surface area (Å²) in [6.45, 7) is 8.16. The van der Waals surface area contributed by atoms with Crippen LogP contribution in [0.3, 0.4) is 0 Å². The largest absolute Gasteiger partial charge is 0.213 e. The monoisotopic (exact) mass is 247 g/mol. The standard InChI is InChI=1S/C12H25NO2S/c1-12(2,3)8-7-11-6-5-9-13(10-11)16(4,14)15/h11H,5-10H2,1-4H3. The second-order valence-corrected chi connectivity index (χ2v) is 8.21. The molecule has 1 rings (SSSR count). The zero-order valence-corrected chi connectivity index (χ0v) is 11.8. The van der Waals surface area contributed by atoms with Crippen LogP contribution in [-0.4, -0.2) is 32.1 Å². The fourth-order valence-corrected chi connectivity index (χ4v) is 3.14. The quantitative estimate of drug-likeness (QED) is 0.768. The Hall–Kier alpha value is -0.0900. The lowest BCUT2D eigenvalue weighted by Crippen LogP contribution is -2.39. The van der Waals surface area contributed by atoms with Gasteiger partial charge in [-0.05, 0) is 37.0 Å². The average Bonchev–Trinajstić information content (AvgIpc) is 2.13. The number of piperidine rings is 1. The third kappa shape index (κ3) is 4.83. The van der Waals surface area contributed by atoms with E-state index in [-0.39, 0.29) is 0 Å². The van der Waals surface area contributed by atoms with E-state index in [0.717, 1.165) is 19.4 Å². The van der Waals surface area contributed by atoms with Gasteiger partial charge in [0, 0.05) is 13.1 Å². The highest BCUT2D eigenvalue weighted by molar-refractivity contribution is 7.88. The van der Waals surface area contributed by atoms with Crippen LogP contribution in [0.2, 0.25) is 0 Å². The molecule has 1 heterocycles. The van der Waals surface area contributed by atoms with Crippen molar-refractivity contribution in [1.82, 2.24) is 4.31 Å². The molecule has 0 aromatic carbocycles.